The van der Waals surface area contributed by atoms with Gasteiger partial charge in [0.05, 0.1) is 6.42 Å². The number of nitrogens with zero attached hydrogens (tertiary/aromatic N) is 1. The van der Waals surface area contributed by atoms with Crippen molar-refractivity contribution in [2.75, 3.05) is 19.6 Å². The minimum Gasteiger partial charge on any atom is -0.354 e. The number of benzene rings is 1. The molecule has 0 heterocycles. The molecule has 0 aliphatic heterocycles. The summed E-state index contributed by atoms with van der Waals surface area (Å²) in [5.74, 6) is -0.429. The number of halogens is 1. The molecular formula is C15H21FN2O2. The lowest BCUT2D eigenvalue weighted by atomic mass is 10.1. The van der Waals surface area contributed by atoms with E-state index < -0.39 is 0 Å². The third-order valence-corrected chi connectivity index (χ3v) is 2.92. The summed E-state index contributed by atoms with van der Waals surface area (Å²) in [6.45, 7) is 5.17. The Kier molecular flexibility index (Phi) is 6.70. The van der Waals surface area contributed by atoms with Crippen LogP contribution >= 0.6 is 0 Å². The summed E-state index contributed by atoms with van der Waals surface area (Å²) in [5.41, 5.74) is 0.765. The van der Waals surface area contributed by atoms with Crippen molar-refractivity contribution in [1.82, 2.24) is 10.2 Å². The lowest BCUT2D eigenvalue weighted by Gasteiger charge is -2.20. The van der Waals surface area contributed by atoms with E-state index in [1.165, 1.54) is 19.1 Å². The maximum absolute atomic E-state index is 12.7. The Morgan fingerprint density at radius 3 is 2.40 bits per heavy atom. The highest BCUT2D eigenvalue weighted by molar-refractivity contribution is 5.78. The first-order valence-electron chi connectivity index (χ1n) is 6.79. The van der Waals surface area contributed by atoms with E-state index in [0.717, 1.165) is 12.0 Å². The van der Waals surface area contributed by atoms with Crippen molar-refractivity contribution in [1.29, 1.82) is 0 Å². The predicted molar refractivity (Wildman–Crippen MR) is 75.7 cm³/mol. The van der Waals surface area contributed by atoms with E-state index >= 15 is 0 Å². The second-order valence-corrected chi connectivity index (χ2v) is 4.66. The van der Waals surface area contributed by atoms with Crippen LogP contribution in [0.15, 0.2) is 24.3 Å². The molecule has 4 nitrogen and oxygen atoms in total. The molecule has 0 saturated carbocycles. The molecule has 0 spiro atoms. The van der Waals surface area contributed by atoms with E-state index in [0.29, 0.717) is 19.6 Å². The van der Waals surface area contributed by atoms with Crippen LogP contribution in [-0.2, 0) is 16.0 Å². The van der Waals surface area contributed by atoms with Crippen molar-refractivity contribution in [3.63, 3.8) is 0 Å². The van der Waals surface area contributed by atoms with Crippen LogP contribution in [0.1, 0.15) is 25.8 Å². The molecule has 1 N–H and O–H groups in total. The Balaban J connectivity index is 2.32. The first kappa shape index (κ1) is 16.1. The second-order valence-electron chi connectivity index (χ2n) is 4.66. The highest BCUT2D eigenvalue weighted by Crippen LogP contribution is 2.03. The van der Waals surface area contributed by atoms with E-state index in [9.17, 15) is 14.0 Å². The molecule has 0 aromatic heterocycles. The van der Waals surface area contributed by atoms with Crippen LogP contribution in [0.5, 0.6) is 0 Å². The molecule has 5 heteroatoms. The average molecular weight is 280 g/mol. The molecule has 110 valence electrons. The quantitative estimate of drug-likeness (QED) is 0.827. The fourth-order valence-corrected chi connectivity index (χ4v) is 1.88. The summed E-state index contributed by atoms with van der Waals surface area (Å²) in [7, 11) is 0. The predicted octanol–water partition coefficient (Wildman–Crippen LogP) is 1.74. The SMILES string of the molecule is CCCN(CCNC(=O)Cc1ccc(F)cc1)C(C)=O. The average Bonchev–Trinajstić information content (AvgIpc) is 2.40. The zero-order chi connectivity index (χ0) is 15.0. The molecule has 0 atom stereocenters. The second kappa shape index (κ2) is 8.30. The standard InChI is InChI=1S/C15H21FN2O2/c1-3-9-18(12(2)19)10-8-17-15(20)11-13-4-6-14(16)7-5-13/h4-7H,3,8-11H2,1-2H3,(H,17,20). The largest absolute Gasteiger partial charge is 0.354 e. The van der Waals surface area contributed by atoms with Crippen LogP contribution < -0.4 is 5.32 Å². The monoisotopic (exact) mass is 280 g/mol. The van der Waals surface area contributed by atoms with E-state index in [1.807, 2.05) is 6.92 Å². The summed E-state index contributed by atoms with van der Waals surface area (Å²) in [6.07, 6.45) is 1.11. The number of nitrogens with one attached hydrogen (secondary N) is 1. The van der Waals surface area contributed by atoms with Gasteiger partial charge in [-0.05, 0) is 24.1 Å². The molecule has 1 rings (SSSR count). The third kappa shape index (κ3) is 5.82. The first-order chi connectivity index (χ1) is 9.52. The lowest BCUT2D eigenvalue weighted by molar-refractivity contribution is -0.129. The van der Waals surface area contributed by atoms with E-state index in [4.69, 9.17) is 0 Å². The summed E-state index contributed by atoms with van der Waals surface area (Å²) in [5, 5.41) is 2.76. The van der Waals surface area contributed by atoms with Crippen molar-refractivity contribution in [3.05, 3.63) is 35.6 Å². The molecule has 0 radical (unpaired) electrons. The van der Waals surface area contributed by atoms with Crippen molar-refractivity contribution in [2.24, 2.45) is 0 Å². The third-order valence-electron chi connectivity index (χ3n) is 2.92. The number of rotatable bonds is 7. The Bertz CT molecular complexity index is 446. The van der Waals surface area contributed by atoms with Gasteiger partial charge in [0.15, 0.2) is 0 Å². The normalized spacial score (nSPS) is 10.2. The summed E-state index contributed by atoms with van der Waals surface area (Å²) in [6, 6.07) is 5.85. The molecule has 0 aliphatic carbocycles. The number of hydrogen-bond acceptors (Lipinski definition) is 2. The van der Waals surface area contributed by atoms with Crippen molar-refractivity contribution >= 4 is 11.8 Å². The first-order valence-corrected chi connectivity index (χ1v) is 6.79. The van der Waals surface area contributed by atoms with Crippen LogP contribution in [-0.4, -0.2) is 36.3 Å². The fraction of sp³-hybridized carbons (Fsp3) is 0.467. The van der Waals surface area contributed by atoms with Gasteiger partial charge in [-0.3, -0.25) is 9.59 Å². The molecule has 0 unspecified atom stereocenters. The molecule has 20 heavy (non-hydrogen) atoms. The van der Waals surface area contributed by atoms with Crippen LogP contribution in [0.3, 0.4) is 0 Å². The van der Waals surface area contributed by atoms with Crippen molar-refractivity contribution in [3.8, 4) is 0 Å². The van der Waals surface area contributed by atoms with Crippen LogP contribution in [0.4, 0.5) is 4.39 Å². The molecular weight excluding hydrogens is 259 g/mol. The van der Waals surface area contributed by atoms with Gasteiger partial charge in [0, 0.05) is 26.6 Å². The van der Waals surface area contributed by atoms with Gasteiger partial charge in [0.25, 0.3) is 0 Å². The Hall–Kier alpha value is -1.91. The van der Waals surface area contributed by atoms with E-state index in [1.54, 1.807) is 17.0 Å². The topological polar surface area (TPSA) is 49.4 Å². The zero-order valence-electron chi connectivity index (χ0n) is 12.0. The highest BCUT2D eigenvalue weighted by atomic mass is 19.1. The van der Waals surface area contributed by atoms with Crippen LogP contribution in [0.25, 0.3) is 0 Å². The van der Waals surface area contributed by atoms with Crippen molar-refractivity contribution < 1.29 is 14.0 Å². The zero-order valence-corrected chi connectivity index (χ0v) is 12.0. The number of amides is 2. The van der Waals surface area contributed by atoms with Gasteiger partial charge >= 0.3 is 0 Å². The van der Waals surface area contributed by atoms with E-state index in [-0.39, 0.29) is 24.1 Å². The molecule has 1 aromatic rings. The minimum atomic E-state index is -0.314. The maximum Gasteiger partial charge on any atom is 0.224 e. The molecule has 0 aliphatic rings. The number of hydrogen-bond donors (Lipinski definition) is 1. The van der Waals surface area contributed by atoms with Gasteiger partial charge in [0.2, 0.25) is 11.8 Å². The molecule has 0 fully saturated rings. The Morgan fingerprint density at radius 2 is 1.85 bits per heavy atom. The van der Waals surface area contributed by atoms with Gasteiger partial charge < -0.3 is 10.2 Å². The van der Waals surface area contributed by atoms with Gasteiger partial charge in [-0.2, -0.15) is 0 Å². The van der Waals surface area contributed by atoms with Crippen molar-refractivity contribution in [2.45, 2.75) is 26.7 Å². The number of carbonyl (C=O) groups excluding carboxylic acids is 2. The highest BCUT2D eigenvalue weighted by Gasteiger charge is 2.08. The molecule has 0 bridgehead atoms. The smallest absolute Gasteiger partial charge is 0.224 e. The summed E-state index contributed by atoms with van der Waals surface area (Å²) >= 11 is 0. The van der Waals surface area contributed by atoms with Gasteiger partial charge in [-0.1, -0.05) is 19.1 Å². The summed E-state index contributed by atoms with van der Waals surface area (Å²) < 4.78 is 12.7. The van der Waals surface area contributed by atoms with Crippen LogP contribution in [0.2, 0.25) is 0 Å². The number of carbonyl (C=O) groups is 2. The fourth-order valence-electron chi connectivity index (χ4n) is 1.88. The van der Waals surface area contributed by atoms with Crippen LogP contribution in [0, 0.1) is 5.82 Å². The molecule has 2 amide bonds. The van der Waals surface area contributed by atoms with Gasteiger partial charge in [-0.25, -0.2) is 4.39 Å². The van der Waals surface area contributed by atoms with Gasteiger partial charge in [-0.15, -0.1) is 0 Å². The summed E-state index contributed by atoms with van der Waals surface area (Å²) in [4.78, 5) is 24.7. The Labute approximate surface area is 119 Å². The lowest BCUT2D eigenvalue weighted by Crippen LogP contribution is -2.38. The Morgan fingerprint density at radius 1 is 1.20 bits per heavy atom. The maximum atomic E-state index is 12.7. The van der Waals surface area contributed by atoms with Gasteiger partial charge in [0.1, 0.15) is 5.82 Å². The minimum absolute atomic E-state index is 0.0135. The van der Waals surface area contributed by atoms with E-state index in [2.05, 4.69) is 5.32 Å². The molecule has 0 saturated heterocycles. The molecule has 1 aromatic carbocycles.